The minimum atomic E-state index is -3.58. The summed E-state index contributed by atoms with van der Waals surface area (Å²) in [6.45, 7) is 21.2. The Morgan fingerprint density at radius 3 is 1.95 bits per heavy atom. The molecule has 0 bridgehead atoms. The van der Waals surface area contributed by atoms with Crippen molar-refractivity contribution in [2.45, 2.75) is 176 Å². The number of carbonyl (C=O) groups excluding carboxylic acids is 1. The number of hydrogen-bond acceptors (Lipinski definition) is 10. The van der Waals surface area contributed by atoms with Gasteiger partial charge < -0.3 is 10.4 Å². The molecular formula is C41H68N10O4S. The van der Waals surface area contributed by atoms with Crippen molar-refractivity contribution in [3.05, 3.63) is 34.5 Å². The van der Waals surface area contributed by atoms with Crippen molar-refractivity contribution in [3.8, 4) is 0 Å². The van der Waals surface area contributed by atoms with Crippen LogP contribution in [0.2, 0.25) is 0 Å². The summed E-state index contributed by atoms with van der Waals surface area (Å²) in [6.07, 6.45) is 14.6. The van der Waals surface area contributed by atoms with E-state index in [4.69, 9.17) is 5.10 Å². The molecule has 312 valence electrons. The van der Waals surface area contributed by atoms with Crippen LogP contribution in [0.5, 0.6) is 0 Å². The number of H-pyrrole nitrogens is 1. The maximum atomic E-state index is 14.5. The van der Waals surface area contributed by atoms with Gasteiger partial charge in [-0.3, -0.25) is 9.89 Å². The van der Waals surface area contributed by atoms with Crippen molar-refractivity contribution in [3.63, 3.8) is 0 Å². The second kappa shape index (κ2) is 18.0. The highest BCUT2D eigenvalue weighted by Gasteiger charge is 2.54. The first-order valence-electron chi connectivity index (χ1n) is 21.2. The van der Waals surface area contributed by atoms with E-state index in [0.717, 1.165) is 50.8 Å². The van der Waals surface area contributed by atoms with Crippen LogP contribution in [0, 0.1) is 11.3 Å². The SMILES string of the molecule is CCCCCCCCCNC(C)c1nnc2c(C3=C(O)C(C4C(C(C)(C)C)=Nn5c(C(C)NS(=O)(=O)CCCCCCCC)nnc54)C3=O)c(C(C)(C)C)[nH]n12. The number of aliphatic hydroxyl groups excluding tert-OH is 1. The highest BCUT2D eigenvalue weighted by molar-refractivity contribution is 7.89. The number of rotatable bonds is 22. The molecule has 4 unspecified atom stereocenters. The zero-order valence-corrected chi connectivity index (χ0v) is 36.4. The van der Waals surface area contributed by atoms with E-state index in [9.17, 15) is 18.3 Å². The molecule has 0 spiro atoms. The van der Waals surface area contributed by atoms with E-state index in [1.165, 1.54) is 38.5 Å². The monoisotopic (exact) mass is 797 g/mol. The van der Waals surface area contributed by atoms with Crippen LogP contribution in [-0.4, -0.2) is 72.0 Å². The molecule has 0 radical (unpaired) electrons. The number of unbranched alkanes of at least 4 members (excludes halogenated alkanes) is 11. The number of nitrogens with zero attached hydrogens (tertiary/aromatic N) is 7. The molecule has 4 atom stereocenters. The largest absolute Gasteiger partial charge is 0.511 e. The van der Waals surface area contributed by atoms with E-state index in [-0.39, 0.29) is 28.9 Å². The summed E-state index contributed by atoms with van der Waals surface area (Å²) < 4.78 is 32.2. The molecule has 1 aliphatic heterocycles. The number of allylic oxidation sites excluding steroid dienone is 2. The van der Waals surface area contributed by atoms with E-state index in [0.29, 0.717) is 40.8 Å². The predicted octanol–water partition coefficient (Wildman–Crippen LogP) is 8.20. The third-order valence-corrected chi connectivity index (χ3v) is 12.7. The molecule has 3 aromatic heterocycles. The van der Waals surface area contributed by atoms with Gasteiger partial charge in [0.05, 0.1) is 46.5 Å². The van der Waals surface area contributed by atoms with Gasteiger partial charge in [0.25, 0.3) is 0 Å². The van der Waals surface area contributed by atoms with Gasteiger partial charge in [-0.25, -0.2) is 17.7 Å². The average molecular weight is 797 g/mol. The lowest BCUT2D eigenvalue weighted by Crippen LogP contribution is -2.41. The number of aliphatic hydroxyl groups is 1. The molecule has 4 heterocycles. The van der Waals surface area contributed by atoms with Crippen LogP contribution in [0.4, 0.5) is 0 Å². The molecule has 15 heteroatoms. The van der Waals surface area contributed by atoms with E-state index >= 15 is 0 Å². The number of aromatic amines is 1. The number of aromatic nitrogens is 7. The van der Waals surface area contributed by atoms with E-state index in [1.54, 1.807) is 11.6 Å². The first kappa shape index (κ1) is 43.7. The Balaban J connectivity index is 1.38. The minimum Gasteiger partial charge on any atom is -0.511 e. The average Bonchev–Trinajstić information content (AvgIpc) is 3.89. The molecule has 14 nitrogen and oxygen atoms in total. The molecule has 0 aromatic carbocycles. The van der Waals surface area contributed by atoms with Crippen LogP contribution >= 0.6 is 0 Å². The fourth-order valence-electron chi connectivity index (χ4n) is 7.98. The Morgan fingerprint density at radius 1 is 0.768 bits per heavy atom. The van der Waals surface area contributed by atoms with Gasteiger partial charge in [0, 0.05) is 16.5 Å². The smallest absolute Gasteiger partial charge is 0.212 e. The first-order chi connectivity index (χ1) is 26.4. The van der Waals surface area contributed by atoms with E-state index in [1.807, 2.05) is 25.3 Å². The van der Waals surface area contributed by atoms with Crippen LogP contribution in [0.15, 0.2) is 10.9 Å². The quantitative estimate of drug-likeness (QED) is 0.0728. The number of fused-ring (bicyclic) bond motifs is 2. The van der Waals surface area contributed by atoms with Crippen molar-refractivity contribution in [2.75, 3.05) is 12.3 Å². The second-order valence-corrected chi connectivity index (χ2v) is 20.0. The van der Waals surface area contributed by atoms with Crippen LogP contribution in [0.1, 0.15) is 199 Å². The van der Waals surface area contributed by atoms with Gasteiger partial charge in [0.1, 0.15) is 5.76 Å². The standard InChI is InChI=1S/C41H68N10O4S/c1-11-13-15-17-19-20-22-24-42-26(3)36-43-45-38-30(34(40(5,6)7)47-50(36)38)28-32(52)29(33(28)53)31-35(41(8,9)10)48-51-37(44-46-39(31)51)27(4)49-56(54,55)25-23-21-18-16-14-12-2/h26-27,29,31,42,47,49,52H,11-25H2,1-10H3. The molecule has 56 heavy (non-hydrogen) atoms. The number of sulfonamides is 1. The lowest BCUT2D eigenvalue weighted by Gasteiger charge is -2.35. The van der Waals surface area contributed by atoms with Gasteiger partial charge in [-0.2, -0.15) is 9.78 Å². The van der Waals surface area contributed by atoms with Crippen molar-refractivity contribution >= 4 is 32.7 Å². The molecule has 3 aromatic rings. The number of hydrogen-bond donors (Lipinski definition) is 4. The third kappa shape index (κ3) is 9.47. The summed E-state index contributed by atoms with van der Waals surface area (Å²) in [5, 5.41) is 41.9. The number of carbonyl (C=O) groups is 1. The Bertz CT molecular complexity index is 1990. The highest BCUT2D eigenvalue weighted by Crippen LogP contribution is 2.51. The van der Waals surface area contributed by atoms with Crippen molar-refractivity contribution in [1.29, 1.82) is 0 Å². The van der Waals surface area contributed by atoms with Crippen LogP contribution in [0.3, 0.4) is 0 Å². The Kier molecular flexibility index (Phi) is 14.1. The van der Waals surface area contributed by atoms with Gasteiger partial charge in [-0.15, -0.1) is 20.4 Å². The van der Waals surface area contributed by atoms with Crippen LogP contribution in [-0.2, 0) is 20.2 Å². The molecule has 4 N–H and O–H groups in total. The maximum absolute atomic E-state index is 14.5. The van der Waals surface area contributed by atoms with Gasteiger partial charge in [0.15, 0.2) is 28.9 Å². The summed E-state index contributed by atoms with van der Waals surface area (Å²) in [5.41, 5.74) is 1.78. The Labute approximate surface area is 334 Å². The zero-order valence-electron chi connectivity index (χ0n) is 35.6. The van der Waals surface area contributed by atoms with Gasteiger partial charge in [0.2, 0.25) is 10.0 Å². The minimum absolute atomic E-state index is 0.0345. The highest BCUT2D eigenvalue weighted by atomic mass is 32.2. The van der Waals surface area contributed by atoms with Gasteiger partial charge in [-0.05, 0) is 33.2 Å². The molecule has 0 amide bonds. The first-order valence-corrected chi connectivity index (χ1v) is 22.8. The molecule has 0 saturated carbocycles. The Hall–Kier alpha value is -3.43. The van der Waals surface area contributed by atoms with Crippen molar-refractivity contribution < 1.29 is 18.3 Å². The maximum Gasteiger partial charge on any atom is 0.212 e. The number of nitrogens with one attached hydrogen (secondary N) is 3. The van der Waals surface area contributed by atoms with Crippen molar-refractivity contribution in [2.24, 2.45) is 16.4 Å². The fraction of sp³-hybridized carbons (Fsp3) is 0.756. The summed E-state index contributed by atoms with van der Waals surface area (Å²) in [5.74, 6) is -0.437. The lowest BCUT2D eigenvalue weighted by molar-refractivity contribution is -0.119. The summed E-state index contributed by atoms with van der Waals surface area (Å²) >= 11 is 0. The van der Waals surface area contributed by atoms with Gasteiger partial charge >= 0.3 is 0 Å². The summed E-state index contributed by atoms with van der Waals surface area (Å²) in [7, 11) is -3.58. The second-order valence-electron chi connectivity index (χ2n) is 18.1. The third-order valence-electron chi connectivity index (χ3n) is 11.2. The zero-order chi connectivity index (χ0) is 41.0. The van der Waals surface area contributed by atoms with Crippen molar-refractivity contribution in [1.82, 2.24) is 44.7 Å². The molecule has 1 aliphatic carbocycles. The van der Waals surface area contributed by atoms with Crippen LogP contribution in [0.25, 0.3) is 11.2 Å². The lowest BCUT2D eigenvalue weighted by atomic mass is 9.66. The summed E-state index contributed by atoms with van der Waals surface area (Å²) in [4.78, 5) is 14.5. The number of ketones is 1. The molecule has 5 rings (SSSR count). The molecular weight excluding hydrogens is 729 g/mol. The molecule has 0 fully saturated rings. The predicted molar refractivity (Wildman–Crippen MR) is 222 cm³/mol. The fourth-order valence-corrected chi connectivity index (χ4v) is 9.33. The summed E-state index contributed by atoms with van der Waals surface area (Å²) in [6, 6.07) is -0.803. The van der Waals surface area contributed by atoms with Gasteiger partial charge in [-0.1, -0.05) is 126 Å². The molecule has 2 aliphatic rings. The topological polar surface area (TPSA) is 185 Å². The normalized spacial score (nSPS) is 18.8. The van der Waals surface area contributed by atoms with E-state index < -0.39 is 38.7 Å². The van der Waals surface area contributed by atoms with E-state index in [2.05, 4.69) is 77.1 Å². The molecule has 0 saturated heterocycles. The Morgan fingerprint density at radius 2 is 1.36 bits per heavy atom. The number of Topliss-reactive ketones (excluding diaryl/α,β-unsaturated/α-hetero) is 1. The van der Waals surface area contributed by atoms with Crippen LogP contribution < -0.4 is 10.0 Å².